The highest BCUT2D eigenvalue weighted by atomic mass is 16.2. The van der Waals surface area contributed by atoms with Crippen LogP contribution in [0.15, 0.2) is 18.5 Å². The SMILES string of the molecule is Cc1nc2cnccc2n1CCCC(C)C(=O)N[C@H](C=O)CC(C)C. The molecule has 0 aliphatic carbocycles. The van der Waals surface area contributed by atoms with Gasteiger partial charge in [-0.3, -0.25) is 9.78 Å². The van der Waals surface area contributed by atoms with Crippen LogP contribution in [-0.4, -0.2) is 32.8 Å². The number of rotatable bonds is 9. The average Bonchev–Trinajstić information content (AvgIpc) is 2.89. The van der Waals surface area contributed by atoms with Crippen molar-refractivity contribution in [2.45, 2.75) is 59.5 Å². The minimum Gasteiger partial charge on any atom is -0.346 e. The van der Waals surface area contributed by atoms with Crippen LogP contribution in [0.1, 0.15) is 45.9 Å². The largest absolute Gasteiger partial charge is 0.346 e. The minimum absolute atomic E-state index is 0.0471. The standard InChI is InChI=1S/C19H28N4O2/c1-13(2)10-16(12-24)22-19(25)14(3)6-5-9-23-15(4)21-17-11-20-8-7-18(17)23/h7-8,11-14,16H,5-6,9-10H2,1-4H3,(H,22,25)/t14?,16-/m0/s1. The summed E-state index contributed by atoms with van der Waals surface area (Å²) in [6, 6.07) is 1.58. The van der Waals surface area contributed by atoms with E-state index < -0.39 is 0 Å². The van der Waals surface area contributed by atoms with Gasteiger partial charge in [0.15, 0.2) is 0 Å². The Morgan fingerprint density at radius 3 is 2.80 bits per heavy atom. The summed E-state index contributed by atoms with van der Waals surface area (Å²) >= 11 is 0. The number of hydrogen-bond acceptors (Lipinski definition) is 4. The maximum absolute atomic E-state index is 12.3. The van der Waals surface area contributed by atoms with E-state index in [2.05, 4.69) is 19.9 Å². The number of aromatic nitrogens is 3. The Labute approximate surface area is 149 Å². The van der Waals surface area contributed by atoms with Gasteiger partial charge in [0.25, 0.3) is 0 Å². The van der Waals surface area contributed by atoms with E-state index >= 15 is 0 Å². The number of aryl methyl sites for hydroxylation is 2. The molecule has 0 aliphatic heterocycles. The van der Waals surface area contributed by atoms with Crippen LogP contribution in [0, 0.1) is 18.8 Å². The molecule has 2 aromatic heterocycles. The molecule has 1 N–H and O–H groups in total. The van der Waals surface area contributed by atoms with Crippen LogP contribution in [-0.2, 0) is 16.1 Å². The first kappa shape index (κ1) is 19.1. The molecule has 25 heavy (non-hydrogen) atoms. The number of nitrogens with one attached hydrogen (secondary N) is 1. The summed E-state index contributed by atoms with van der Waals surface area (Å²) in [5.74, 6) is 1.16. The molecule has 0 spiro atoms. The lowest BCUT2D eigenvalue weighted by molar-refractivity contribution is -0.127. The second kappa shape index (κ2) is 8.74. The highest BCUT2D eigenvalue weighted by Crippen LogP contribution is 2.16. The number of nitrogens with zero attached hydrogens (tertiary/aromatic N) is 3. The Kier molecular flexibility index (Phi) is 6.67. The summed E-state index contributed by atoms with van der Waals surface area (Å²) in [5.41, 5.74) is 1.97. The van der Waals surface area contributed by atoms with E-state index in [4.69, 9.17) is 0 Å². The third kappa shape index (κ3) is 5.11. The van der Waals surface area contributed by atoms with E-state index in [-0.39, 0.29) is 17.9 Å². The van der Waals surface area contributed by atoms with Gasteiger partial charge >= 0.3 is 0 Å². The van der Waals surface area contributed by atoms with Crippen molar-refractivity contribution in [3.05, 3.63) is 24.3 Å². The number of aldehydes is 1. The normalized spacial score (nSPS) is 13.8. The van der Waals surface area contributed by atoms with Crippen LogP contribution in [0.5, 0.6) is 0 Å². The Balaban J connectivity index is 1.87. The van der Waals surface area contributed by atoms with Gasteiger partial charge in [0.05, 0.1) is 17.8 Å². The smallest absolute Gasteiger partial charge is 0.223 e. The van der Waals surface area contributed by atoms with Gasteiger partial charge in [0.2, 0.25) is 5.91 Å². The molecule has 0 radical (unpaired) electrons. The predicted octanol–water partition coefficient (Wildman–Crippen LogP) is 2.89. The molecule has 0 saturated carbocycles. The predicted molar refractivity (Wildman–Crippen MR) is 98.1 cm³/mol. The molecule has 6 heteroatoms. The van der Waals surface area contributed by atoms with Crippen LogP contribution in [0.3, 0.4) is 0 Å². The zero-order chi connectivity index (χ0) is 18.4. The third-order valence-corrected chi connectivity index (χ3v) is 4.43. The van der Waals surface area contributed by atoms with Crippen molar-refractivity contribution < 1.29 is 9.59 Å². The number of carbonyl (C=O) groups excluding carboxylic acids is 2. The summed E-state index contributed by atoms with van der Waals surface area (Å²) < 4.78 is 2.16. The van der Waals surface area contributed by atoms with Crippen molar-refractivity contribution in [1.82, 2.24) is 19.9 Å². The van der Waals surface area contributed by atoms with Crippen molar-refractivity contribution in [2.75, 3.05) is 0 Å². The summed E-state index contributed by atoms with van der Waals surface area (Å²) in [5, 5.41) is 2.85. The lowest BCUT2D eigenvalue weighted by atomic mass is 10.0. The lowest BCUT2D eigenvalue weighted by Crippen LogP contribution is -2.40. The molecule has 1 amide bonds. The number of pyridine rings is 1. The van der Waals surface area contributed by atoms with Crippen LogP contribution in [0.2, 0.25) is 0 Å². The number of carbonyl (C=O) groups is 2. The minimum atomic E-state index is -0.387. The Hall–Kier alpha value is -2.24. The van der Waals surface area contributed by atoms with Crippen molar-refractivity contribution >= 4 is 23.2 Å². The Bertz CT molecular complexity index is 723. The van der Waals surface area contributed by atoms with Crippen LogP contribution in [0.25, 0.3) is 11.0 Å². The van der Waals surface area contributed by atoms with Crippen molar-refractivity contribution in [2.24, 2.45) is 11.8 Å². The molecule has 2 aromatic rings. The number of amides is 1. The van der Waals surface area contributed by atoms with Gasteiger partial charge in [-0.15, -0.1) is 0 Å². The maximum atomic E-state index is 12.3. The Morgan fingerprint density at radius 1 is 1.36 bits per heavy atom. The molecule has 136 valence electrons. The van der Waals surface area contributed by atoms with E-state index in [9.17, 15) is 9.59 Å². The zero-order valence-electron chi connectivity index (χ0n) is 15.5. The number of fused-ring (bicyclic) bond motifs is 1. The zero-order valence-corrected chi connectivity index (χ0v) is 15.5. The van der Waals surface area contributed by atoms with E-state index in [0.29, 0.717) is 12.3 Å². The fourth-order valence-corrected chi connectivity index (χ4v) is 3.05. The van der Waals surface area contributed by atoms with E-state index in [1.807, 2.05) is 33.8 Å². The monoisotopic (exact) mass is 344 g/mol. The average molecular weight is 344 g/mol. The maximum Gasteiger partial charge on any atom is 0.223 e. The molecule has 0 fully saturated rings. The number of hydrogen-bond donors (Lipinski definition) is 1. The first-order chi connectivity index (χ1) is 11.9. The topological polar surface area (TPSA) is 76.9 Å². The second-order valence-corrected chi connectivity index (χ2v) is 7.10. The first-order valence-electron chi connectivity index (χ1n) is 8.95. The van der Waals surface area contributed by atoms with Gasteiger partial charge < -0.3 is 14.7 Å². The molecular formula is C19H28N4O2. The van der Waals surface area contributed by atoms with Crippen LogP contribution in [0.4, 0.5) is 0 Å². The van der Waals surface area contributed by atoms with Gasteiger partial charge in [-0.05, 0) is 38.2 Å². The van der Waals surface area contributed by atoms with Gasteiger partial charge in [0, 0.05) is 18.7 Å². The molecule has 2 atom stereocenters. The second-order valence-electron chi connectivity index (χ2n) is 7.10. The van der Waals surface area contributed by atoms with E-state index in [1.165, 1.54) is 0 Å². The van der Waals surface area contributed by atoms with Gasteiger partial charge in [-0.2, -0.15) is 0 Å². The van der Waals surface area contributed by atoms with Crippen molar-refractivity contribution in [1.29, 1.82) is 0 Å². The van der Waals surface area contributed by atoms with Crippen LogP contribution < -0.4 is 5.32 Å². The molecule has 2 rings (SSSR count). The molecule has 0 aliphatic rings. The lowest BCUT2D eigenvalue weighted by Gasteiger charge is -2.18. The molecule has 0 bridgehead atoms. The quantitative estimate of drug-likeness (QED) is 0.710. The summed E-state index contributed by atoms with van der Waals surface area (Å²) in [4.78, 5) is 32.0. The van der Waals surface area contributed by atoms with Gasteiger partial charge in [-0.1, -0.05) is 20.8 Å². The van der Waals surface area contributed by atoms with Gasteiger partial charge in [0.1, 0.15) is 17.6 Å². The fraction of sp³-hybridized carbons (Fsp3) is 0.579. The Morgan fingerprint density at radius 2 is 2.12 bits per heavy atom. The van der Waals surface area contributed by atoms with Crippen LogP contribution >= 0.6 is 0 Å². The first-order valence-corrected chi connectivity index (χ1v) is 8.95. The van der Waals surface area contributed by atoms with Gasteiger partial charge in [-0.25, -0.2) is 4.98 Å². The molecule has 1 unspecified atom stereocenters. The van der Waals surface area contributed by atoms with Crippen molar-refractivity contribution in [3.8, 4) is 0 Å². The highest BCUT2D eigenvalue weighted by molar-refractivity contribution is 5.81. The molecular weight excluding hydrogens is 316 g/mol. The van der Waals surface area contributed by atoms with E-state index in [0.717, 1.165) is 42.5 Å². The third-order valence-electron chi connectivity index (χ3n) is 4.43. The highest BCUT2D eigenvalue weighted by Gasteiger charge is 2.18. The summed E-state index contributed by atoms with van der Waals surface area (Å²) in [6.07, 6.45) is 6.69. The van der Waals surface area contributed by atoms with E-state index in [1.54, 1.807) is 12.4 Å². The number of imidazole rings is 1. The molecule has 0 aromatic carbocycles. The molecule has 0 saturated heterocycles. The molecule has 6 nitrogen and oxygen atoms in total. The van der Waals surface area contributed by atoms with Crippen molar-refractivity contribution in [3.63, 3.8) is 0 Å². The fourth-order valence-electron chi connectivity index (χ4n) is 3.05. The molecule has 2 heterocycles. The summed E-state index contributed by atoms with van der Waals surface area (Å²) in [7, 11) is 0. The summed E-state index contributed by atoms with van der Waals surface area (Å²) in [6.45, 7) is 8.79.